The van der Waals surface area contributed by atoms with Crippen LogP contribution in [0.15, 0.2) is 28.8 Å². The average molecular weight is 317 g/mol. The normalized spacial score (nSPS) is 12.1. The highest BCUT2D eigenvalue weighted by molar-refractivity contribution is 5.95. The fourth-order valence-electron chi connectivity index (χ4n) is 1.96. The van der Waals surface area contributed by atoms with E-state index >= 15 is 0 Å². The molecule has 1 aromatic heterocycles. The number of rotatable bonds is 4. The van der Waals surface area contributed by atoms with Gasteiger partial charge in [-0.3, -0.25) is 4.79 Å². The molecule has 0 aliphatic carbocycles. The summed E-state index contributed by atoms with van der Waals surface area (Å²) in [7, 11) is 1.56. The molecule has 0 spiro atoms. The summed E-state index contributed by atoms with van der Waals surface area (Å²) in [6.45, 7) is 9.65. The van der Waals surface area contributed by atoms with Gasteiger partial charge in [-0.1, -0.05) is 32.0 Å². The summed E-state index contributed by atoms with van der Waals surface area (Å²) in [5, 5.41) is 6.93. The minimum atomic E-state index is -0.757. The molecular weight excluding hydrogens is 294 g/mol. The van der Waals surface area contributed by atoms with Crippen LogP contribution in [0.4, 0.5) is 0 Å². The van der Waals surface area contributed by atoms with E-state index in [9.17, 15) is 4.79 Å². The Balaban J connectivity index is 2.19. The molecule has 0 aliphatic rings. The van der Waals surface area contributed by atoms with E-state index in [2.05, 4.69) is 15.5 Å². The third-order valence-corrected chi connectivity index (χ3v) is 3.38. The number of hydrogen-bond donors (Lipinski definition) is 1. The molecule has 0 fully saturated rings. The first-order chi connectivity index (χ1) is 10.6. The summed E-state index contributed by atoms with van der Waals surface area (Å²) in [5.74, 6) is 1.39. The van der Waals surface area contributed by atoms with Crippen LogP contribution in [0.1, 0.15) is 56.7 Å². The number of hydrogen-bond acceptors (Lipinski definition) is 5. The van der Waals surface area contributed by atoms with Crippen molar-refractivity contribution in [2.75, 3.05) is 7.11 Å². The number of ether oxygens (including phenoxy) is 1. The summed E-state index contributed by atoms with van der Waals surface area (Å²) in [5.41, 5.74) is -0.484. The molecule has 0 bridgehead atoms. The van der Waals surface area contributed by atoms with Crippen LogP contribution in [0.3, 0.4) is 0 Å². The number of nitrogens with zero attached hydrogens (tertiary/aromatic N) is 2. The van der Waals surface area contributed by atoms with E-state index in [1.165, 1.54) is 0 Å². The number of benzene rings is 1. The minimum Gasteiger partial charge on any atom is -0.497 e. The Bertz CT molecular complexity index is 699. The zero-order chi connectivity index (χ0) is 17.3. The molecule has 0 radical (unpaired) electrons. The van der Waals surface area contributed by atoms with Crippen LogP contribution in [-0.2, 0) is 11.0 Å². The Morgan fingerprint density at radius 3 is 2.48 bits per heavy atom. The predicted octanol–water partition coefficient (Wildman–Crippen LogP) is 3.04. The standard InChI is InChI=1S/C17H23N3O3/c1-16(2,3)15-18-14(20-23-15)17(4,5)19-13(21)11-8-7-9-12(10-11)22-6/h7-10H,1-6H3,(H,19,21). The van der Waals surface area contributed by atoms with Gasteiger partial charge >= 0.3 is 0 Å². The summed E-state index contributed by atoms with van der Waals surface area (Å²) < 4.78 is 10.4. The highest BCUT2D eigenvalue weighted by Crippen LogP contribution is 2.24. The van der Waals surface area contributed by atoms with Crippen molar-refractivity contribution in [1.29, 1.82) is 0 Å². The van der Waals surface area contributed by atoms with Gasteiger partial charge in [-0.05, 0) is 32.0 Å². The lowest BCUT2D eigenvalue weighted by Gasteiger charge is -2.22. The van der Waals surface area contributed by atoms with Crippen LogP contribution < -0.4 is 10.1 Å². The second-order valence-electron chi connectivity index (χ2n) is 6.98. The predicted molar refractivity (Wildman–Crippen MR) is 86.5 cm³/mol. The van der Waals surface area contributed by atoms with Crippen molar-refractivity contribution in [3.63, 3.8) is 0 Å². The Hall–Kier alpha value is -2.37. The van der Waals surface area contributed by atoms with Gasteiger partial charge in [-0.25, -0.2) is 0 Å². The quantitative estimate of drug-likeness (QED) is 0.938. The Morgan fingerprint density at radius 1 is 1.22 bits per heavy atom. The van der Waals surface area contributed by atoms with Crippen LogP contribution in [0, 0.1) is 0 Å². The Labute approximate surface area is 136 Å². The largest absolute Gasteiger partial charge is 0.497 e. The molecule has 1 amide bonds. The molecule has 1 aromatic carbocycles. The highest BCUT2D eigenvalue weighted by Gasteiger charge is 2.31. The highest BCUT2D eigenvalue weighted by atomic mass is 16.5. The summed E-state index contributed by atoms with van der Waals surface area (Å²) in [4.78, 5) is 16.9. The second-order valence-corrected chi connectivity index (χ2v) is 6.98. The van der Waals surface area contributed by atoms with Crippen molar-refractivity contribution in [3.05, 3.63) is 41.5 Å². The second kappa shape index (κ2) is 6.02. The zero-order valence-electron chi connectivity index (χ0n) is 14.4. The van der Waals surface area contributed by atoms with Crippen molar-refractivity contribution in [1.82, 2.24) is 15.5 Å². The molecule has 0 aliphatic heterocycles. The van der Waals surface area contributed by atoms with E-state index in [1.807, 2.05) is 34.6 Å². The van der Waals surface area contributed by atoms with Crippen LogP contribution >= 0.6 is 0 Å². The fourth-order valence-corrected chi connectivity index (χ4v) is 1.96. The number of nitrogens with one attached hydrogen (secondary N) is 1. The molecule has 1 N–H and O–H groups in total. The first-order valence-electron chi connectivity index (χ1n) is 7.45. The van der Waals surface area contributed by atoms with Crippen molar-refractivity contribution < 1.29 is 14.1 Å². The number of carbonyl (C=O) groups excluding carboxylic acids is 1. The molecule has 0 saturated carbocycles. The molecule has 2 rings (SSSR count). The van der Waals surface area contributed by atoms with Gasteiger partial charge in [0.2, 0.25) is 5.89 Å². The maximum atomic E-state index is 12.5. The van der Waals surface area contributed by atoms with Crippen LogP contribution in [0.2, 0.25) is 0 Å². The van der Waals surface area contributed by atoms with Gasteiger partial charge in [0.05, 0.1) is 12.6 Å². The topological polar surface area (TPSA) is 77.2 Å². The van der Waals surface area contributed by atoms with Gasteiger partial charge in [-0.2, -0.15) is 4.98 Å². The first-order valence-corrected chi connectivity index (χ1v) is 7.45. The molecule has 0 atom stereocenters. The van der Waals surface area contributed by atoms with Crippen LogP contribution in [0.5, 0.6) is 5.75 Å². The van der Waals surface area contributed by atoms with Crippen molar-refractivity contribution in [2.24, 2.45) is 0 Å². The Kier molecular flexibility index (Phi) is 4.45. The van der Waals surface area contributed by atoms with Gasteiger partial charge in [0.1, 0.15) is 5.75 Å². The van der Waals surface area contributed by atoms with Gasteiger partial charge < -0.3 is 14.6 Å². The summed E-state index contributed by atoms with van der Waals surface area (Å²) in [6.07, 6.45) is 0. The molecule has 0 saturated heterocycles. The monoisotopic (exact) mass is 317 g/mol. The van der Waals surface area contributed by atoms with Crippen LogP contribution in [0.25, 0.3) is 0 Å². The summed E-state index contributed by atoms with van der Waals surface area (Å²) in [6, 6.07) is 6.97. The maximum absolute atomic E-state index is 12.5. The number of carbonyl (C=O) groups is 1. The third kappa shape index (κ3) is 3.88. The van der Waals surface area contributed by atoms with E-state index in [0.29, 0.717) is 23.0 Å². The first kappa shape index (κ1) is 17.0. The van der Waals surface area contributed by atoms with Gasteiger partial charge in [0.15, 0.2) is 5.82 Å². The van der Waals surface area contributed by atoms with Gasteiger partial charge in [0.25, 0.3) is 5.91 Å². The van der Waals surface area contributed by atoms with Crippen molar-refractivity contribution >= 4 is 5.91 Å². The van der Waals surface area contributed by atoms with Crippen molar-refractivity contribution in [3.8, 4) is 5.75 Å². The van der Waals surface area contributed by atoms with E-state index in [4.69, 9.17) is 9.26 Å². The molecule has 6 heteroatoms. The molecule has 2 aromatic rings. The lowest BCUT2D eigenvalue weighted by Crippen LogP contribution is -2.42. The molecule has 124 valence electrons. The van der Waals surface area contributed by atoms with E-state index in [1.54, 1.807) is 31.4 Å². The lowest BCUT2D eigenvalue weighted by atomic mass is 9.96. The molecular formula is C17H23N3O3. The molecule has 0 unspecified atom stereocenters. The van der Waals surface area contributed by atoms with Crippen molar-refractivity contribution in [2.45, 2.75) is 45.6 Å². The number of aromatic nitrogens is 2. The number of methoxy groups -OCH3 is 1. The summed E-state index contributed by atoms with van der Waals surface area (Å²) >= 11 is 0. The van der Waals surface area contributed by atoms with E-state index < -0.39 is 5.54 Å². The molecule has 1 heterocycles. The minimum absolute atomic E-state index is 0.226. The van der Waals surface area contributed by atoms with Crippen LogP contribution in [-0.4, -0.2) is 23.2 Å². The number of amides is 1. The fraction of sp³-hybridized carbons (Fsp3) is 0.471. The van der Waals surface area contributed by atoms with Gasteiger partial charge in [0, 0.05) is 11.0 Å². The zero-order valence-corrected chi connectivity index (χ0v) is 14.4. The smallest absolute Gasteiger partial charge is 0.252 e. The van der Waals surface area contributed by atoms with E-state index in [-0.39, 0.29) is 11.3 Å². The lowest BCUT2D eigenvalue weighted by molar-refractivity contribution is 0.0907. The van der Waals surface area contributed by atoms with Gasteiger partial charge in [-0.15, -0.1) is 0 Å². The Morgan fingerprint density at radius 2 is 1.91 bits per heavy atom. The maximum Gasteiger partial charge on any atom is 0.252 e. The molecule has 6 nitrogen and oxygen atoms in total. The third-order valence-electron chi connectivity index (χ3n) is 3.38. The average Bonchev–Trinajstić information content (AvgIpc) is 2.97. The van der Waals surface area contributed by atoms with E-state index in [0.717, 1.165) is 0 Å². The SMILES string of the molecule is COc1cccc(C(=O)NC(C)(C)c2noc(C(C)(C)C)n2)c1. The molecule has 23 heavy (non-hydrogen) atoms.